The van der Waals surface area contributed by atoms with Gasteiger partial charge < -0.3 is 10.1 Å². The van der Waals surface area contributed by atoms with Crippen molar-refractivity contribution in [3.05, 3.63) is 27.9 Å². The molecule has 0 spiro atoms. The summed E-state index contributed by atoms with van der Waals surface area (Å²) in [7, 11) is 0. The number of hydrogen-bond donors (Lipinski definition) is 1. The molecular formula is C11H17N3O3. The monoisotopic (exact) mass is 239 g/mol. The van der Waals surface area contributed by atoms with E-state index in [0.717, 1.165) is 19.5 Å². The Labute approximate surface area is 100 Å². The molecule has 0 saturated heterocycles. The van der Waals surface area contributed by atoms with Crippen molar-refractivity contribution in [3.63, 3.8) is 0 Å². The molecule has 0 aliphatic carbocycles. The molecule has 0 fully saturated rings. The zero-order valence-corrected chi connectivity index (χ0v) is 10.1. The Kier molecular flexibility index (Phi) is 5.35. The predicted octanol–water partition coefficient (Wildman–Crippen LogP) is 1.68. The van der Waals surface area contributed by atoms with Crippen molar-refractivity contribution in [2.75, 3.05) is 19.7 Å². The van der Waals surface area contributed by atoms with E-state index in [1.165, 1.54) is 6.20 Å². The Morgan fingerprint density at radius 2 is 2.29 bits per heavy atom. The van der Waals surface area contributed by atoms with Gasteiger partial charge in [-0.2, -0.15) is 0 Å². The average molecular weight is 239 g/mol. The van der Waals surface area contributed by atoms with Gasteiger partial charge in [-0.15, -0.1) is 0 Å². The van der Waals surface area contributed by atoms with Crippen LogP contribution in [0.5, 0.6) is 5.88 Å². The maximum absolute atomic E-state index is 10.6. The fraction of sp³-hybridized carbons (Fsp3) is 0.545. The third-order valence-electron chi connectivity index (χ3n) is 2.21. The van der Waals surface area contributed by atoms with Crippen LogP contribution in [0.15, 0.2) is 12.3 Å². The van der Waals surface area contributed by atoms with E-state index in [1.54, 1.807) is 13.0 Å². The van der Waals surface area contributed by atoms with Crippen molar-refractivity contribution in [1.82, 2.24) is 10.3 Å². The zero-order valence-electron chi connectivity index (χ0n) is 10.1. The number of aryl methyl sites for hydroxylation is 1. The molecule has 0 radical (unpaired) electrons. The SMILES string of the molecule is CCCNCCOc1cc(C)c([N+](=O)[O-])cn1. The lowest BCUT2D eigenvalue weighted by atomic mass is 10.2. The largest absolute Gasteiger partial charge is 0.476 e. The summed E-state index contributed by atoms with van der Waals surface area (Å²) in [5.41, 5.74) is 0.572. The highest BCUT2D eigenvalue weighted by Gasteiger charge is 2.11. The van der Waals surface area contributed by atoms with E-state index < -0.39 is 4.92 Å². The molecule has 0 bridgehead atoms. The van der Waals surface area contributed by atoms with E-state index in [-0.39, 0.29) is 5.69 Å². The number of pyridine rings is 1. The van der Waals surface area contributed by atoms with Crippen LogP contribution in [-0.4, -0.2) is 29.6 Å². The summed E-state index contributed by atoms with van der Waals surface area (Å²) < 4.78 is 5.37. The topological polar surface area (TPSA) is 77.3 Å². The maximum atomic E-state index is 10.6. The van der Waals surface area contributed by atoms with Crippen LogP contribution in [-0.2, 0) is 0 Å². The first-order valence-electron chi connectivity index (χ1n) is 5.59. The number of nitro groups is 1. The second kappa shape index (κ2) is 6.80. The van der Waals surface area contributed by atoms with Crippen LogP contribution in [0, 0.1) is 17.0 Å². The fourth-order valence-electron chi connectivity index (χ4n) is 1.32. The van der Waals surface area contributed by atoms with Crippen LogP contribution < -0.4 is 10.1 Å². The van der Waals surface area contributed by atoms with Gasteiger partial charge in [0.25, 0.3) is 5.69 Å². The molecule has 0 saturated carbocycles. The molecule has 6 nitrogen and oxygen atoms in total. The molecule has 0 aliphatic rings. The normalized spacial score (nSPS) is 10.2. The van der Waals surface area contributed by atoms with Crippen LogP contribution in [0.3, 0.4) is 0 Å². The quantitative estimate of drug-likeness (QED) is 0.445. The number of nitrogens with zero attached hydrogens (tertiary/aromatic N) is 2. The Morgan fingerprint density at radius 3 is 2.88 bits per heavy atom. The van der Waals surface area contributed by atoms with Crippen molar-refractivity contribution >= 4 is 5.69 Å². The second-order valence-corrected chi connectivity index (χ2v) is 3.66. The van der Waals surface area contributed by atoms with Crippen molar-refractivity contribution in [3.8, 4) is 5.88 Å². The summed E-state index contributed by atoms with van der Waals surface area (Å²) in [5, 5.41) is 13.8. The van der Waals surface area contributed by atoms with E-state index in [1.807, 2.05) is 0 Å². The van der Waals surface area contributed by atoms with Gasteiger partial charge in [-0.1, -0.05) is 6.92 Å². The summed E-state index contributed by atoms with van der Waals surface area (Å²) in [5.74, 6) is 0.423. The highest BCUT2D eigenvalue weighted by atomic mass is 16.6. The molecular weight excluding hydrogens is 222 g/mol. The molecule has 1 aromatic heterocycles. The van der Waals surface area contributed by atoms with Crippen LogP contribution >= 0.6 is 0 Å². The molecule has 1 aromatic rings. The lowest BCUT2D eigenvalue weighted by Gasteiger charge is -2.06. The lowest BCUT2D eigenvalue weighted by Crippen LogP contribution is -2.21. The van der Waals surface area contributed by atoms with Crippen molar-refractivity contribution < 1.29 is 9.66 Å². The first-order chi connectivity index (χ1) is 8.15. The molecule has 1 heterocycles. The Morgan fingerprint density at radius 1 is 1.53 bits per heavy atom. The molecule has 0 amide bonds. The number of nitrogens with one attached hydrogen (secondary N) is 1. The van der Waals surface area contributed by atoms with Gasteiger partial charge in [0, 0.05) is 18.2 Å². The Hall–Kier alpha value is -1.69. The summed E-state index contributed by atoms with van der Waals surface area (Å²) in [4.78, 5) is 14.0. The molecule has 0 aromatic carbocycles. The maximum Gasteiger partial charge on any atom is 0.290 e. The van der Waals surface area contributed by atoms with Gasteiger partial charge >= 0.3 is 0 Å². The van der Waals surface area contributed by atoms with Gasteiger partial charge in [-0.25, -0.2) is 4.98 Å². The second-order valence-electron chi connectivity index (χ2n) is 3.66. The van der Waals surface area contributed by atoms with E-state index in [0.29, 0.717) is 18.1 Å². The number of aromatic nitrogens is 1. The first kappa shape index (κ1) is 13.4. The molecule has 0 aliphatic heterocycles. The molecule has 1 rings (SSSR count). The van der Waals surface area contributed by atoms with Crippen LogP contribution in [0.2, 0.25) is 0 Å². The summed E-state index contributed by atoms with van der Waals surface area (Å²) in [6.07, 6.45) is 2.30. The van der Waals surface area contributed by atoms with Gasteiger partial charge in [-0.05, 0) is 19.9 Å². The van der Waals surface area contributed by atoms with Crippen molar-refractivity contribution in [1.29, 1.82) is 0 Å². The van der Waals surface area contributed by atoms with Gasteiger partial charge in [0.05, 0.1) is 4.92 Å². The fourth-order valence-corrected chi connectivity index (χ4v) is 1.32. The van der Waals surface area contributed by atoms with E-state index in [9.17, 15) is 10.1 Å². The van der Waals surface area contributed by atoms with E-state index in [4.69, 9.17) is 4.74 Å². The molecule has 0 unspecified atom stereocenters. The predicted molar refractivity (Wildman–Crippen MR) is 64.3 cm³/mol. The Balaban J connectivity index is 2.45. The van der Waals surface area contributed by atoms with Crippen LogP contribution in [0.25, 0.3) is 0 Å². The van der Waals surface area contributed by atoms with Crippen LogP contribution in [0.4, 0.5) is 5.69 Å². The summed E-state index contributed by atoms with van der Waals surface area (Å²) >= 11 is 0. The lowest BCUT2D eigenvalue weighted by molar-refractivity contribution is -0.385. The third-order valence-corrected chi connectivity index (χ3v) is 2.21. The minimum atomic E-state index is -0.449. The number of hydrogen-bond acceptors (Lipinski definition) is 5. The molecule has 6 heteroatoms. The van der Waals surface area contributed by atoms with E-state index >= 15 is 0 Å². The van der Waals surface area contributed by atoms with Gasteiger partial charge in [-0.3, -0.25) is 10.1 Å². The van der Waals surface area contributed by atoms with Gasteiger partial charge in [0.2, 0.25) is 5.88 Å². The van der Waals surface area contributed by atoms with Crippen molar-refractivity contribution in [2.24, 2.45) is 0 Å². The minimum absolute atomic E-state index is 0.0152. The van der Waals surface area contributed by atoms with E-state index in [2.05, 4.69) is 17.2 Å². The zero-order chi connectivity index (χ0) is 12.7. The highest BCUT2D eigenvalue weighted by Crippen LogP contribution is 2.19. The standard InChI is InChI=1S/C11H17N3O3/c1-3-4-12-5-6-17-11-7-9(2)10(8-13-11)14(15)16/h7-8,12H,3-6H2,1-2H3. The van der Waals surface area contributed by atoms with Crippen molar-refractivity contribution in [2.45, 2.75) is 20.3 Å². The summed E-state index contributed by atoms with van der Waals surface area (Å²) in [6, 6.07) is 1.58. The Bertz CT molecular complexity index is 382. The van der Waals surface area contributed by atoms with Gasteiger partial charge in [0.1, 0.15) is 12.8 Å². The third kappa shape index (κ3) is 4.36. The number of ether oxygens (including phenoxy) is 1. The highest BCUT2D eigenvalue weighted by molar-refractivity contribution is 5.39. The van der Waals surface area contributed by atoms with Gasteiger partial charge in [0.15, 0.2) is 0 Å². The minimum Gasteiger partial charge on any atom is -0.476 e. The smallest absolute Gasteiger partial charge is 0.290 e. The average Bonchev–Trinajstić information content (AvgIpc) is 2.28. The molecule has 1 N–H and O–H groups in total. The molecule has 94 valence electrons. The molecule has 0 atom stereocenters. The molecule has 17 heavy (non-hydrogen) atoms. The summed E-state index contributed by atoms with van der Waals surface area (Å²) in [6.45, 7) is 5.96. The first-order valence-corrected chi connectivity index (χ1v) is 5.59. The number of rotatable bonds is 7. The van der Waals surface area contributed by atoms with Crippen LogP contribution in [0.1, 0.15) is 18.9 Å².